The molecule has 9 heteroatoms. The number of hydrogen-bond donors (Lipinski definition) is 6. The van der Waals surface area contributed by atoms with Crippen molar-refractivity contribution in [3.05, 3.63) is 142 Å². The highest BCUT2D eigenvalue weighted by Gasteiger charge is 2.46. The fourth-order valence-corrected chi connectivity index (χ4v) is 5.90. The Bertz CT molecular complexity index is 1680. The van der Waals surface area contributed by atoms with E-state index in [1.165, 1.54) is 0 Å². The zero-order valence-corrected chi connectivity index (χ0v) is 34.2. The molecule has 9 nitrogen and oxygen atoms in total. The molecule has 1 aliphatic heterocycles. The van der Waals surface area contributed by atoms with Gasteiger partial charge in [-0.15, -0.1) is 0 Å². The Balaban J connectivity index is 1.87. The largest absolute Gasteiger partial charge is 0.394 e. The van der Waals surface area contributed by atoms with Gasteiger partial charge in [-0.3, -0.25) is 4.79 Å². The number of rotatable bonds is 16. The zero-order chi connectivity index (χ0) is 41.5. The highest BCUT2D eigenvalue weighted by molar-refractivity contribution is 6.00. The summed E-state index contributed by atoms with van der Waals surface area (Å²) in [6.07, 6.45) is 24.6. The van der Waals surface area contributed by atoms with Crippen molar-refractivity contribution in [2.45, 2.75) is 124 Å². The molecule has 0 amide bonds. The minimum Gasteiger partial charge on any atom is -0.394 e. The Kier molecular flexibility index (Phi) is 19.0. The lowest BCUT2D eigenvalue weighted by Gasteiger charge is -2.43. The normalized spacial score (nSPS) is 27.8. The van der Waals surface area contributed by atoms with Gasteiger partial charge in [-0.2, -0.15) is 0 Å². The maximum atomic E-state index is 12.3. The summed E-state index contributed by atoms with van der Waals surface area (Å²) in [5, 5.41) is 60.5. The molecule has 55 heavy (non-hydrogen) atoms. The van der Waals surface area contributed by atoms with E-state index in [1.807, 2.05) is 126 Å². The van der Waals surface area contributed by atoms with Gasteiger partial charge < -0.3 is 40.1 Å². The molecule has 0 spiro atoms. The molecule has 1 aliphatic carbocycles. The monoisotopic (exact) mass is 760 g/mol. The molecule has 1 heterocycles. The topological polar surface area (TPSA) is 157 Å². The molecule has 0 radical (unpaired) electrons. The van der Waals surface area contributed by atoms with Gasteiger partial charge in [0.1, 0.15) is 36.6 Å². The first-order valence-corrected chi connectivity index (χ1v) is 18.7. The molecule has 2 rings (SSSR count). The second-order valence-corrected chi connectivity index (χ2v) is 15.6. The van der Waals surface area contributed by atoms with Crippen LogP contribution in [0.5, 0.6) is 0 Å². The first-order chi connectivity index (χ1) is 25.7. The lowest BCUT2D eigenvalue weighted by atomic mass is 9.71. The Morgan fingerprint density at radius 2 is 1.22 bits per heavy atom. The van der Waals surface area contributed by atoms with E-state index in [2.05, 4.69) is 13.8 Å². The fourth-order valence-electron chi connectivity index (χ4n) is 5.90. The summed E-state index contributed by atoms with van der Waals surface area (Å²) in [4.78, 5) is 12.3. The van der Waals surface area contributed by atoms with E-state index in [9.17, 15) is 35.4 Å². The van der Waals surface area contributed by atoms with Gasteiger partial charge >= 0.3 is 0 Å². The lowest BCUT2D eigenvalue weighted by Crippen LogP contribution is -2.61. The molecule has 0 bridgehead atoms. The van der Waals surface area contributed by atoms with Crippen LogP contribution < -0.4 is 0 Å². The number of carbonyl (C=O) groups is 1. The number of ether oxygens (including phenoxy) is 2. The van der Waals surface area contributed by atoms with Gasteiger partial charge in [-0.05, 0) is 78.4 Å². The Labute approximate surface area is 328 Å². The molecular weight excluding hydrogens is 696 g/mol. The van der Waals surface area contributed by atoms with Crippen LogP contribution in [0.15, 0.2) is 142 Å². The number of ketones is 1. The zero-order valence-electron chi connectivity index (χ0n) is 34.2. The number of hydrogen-bond acceptors (Lipinski definition) is 9. The second-order valence-electron chi connectivity index (χ2n) is 15.6. The maximum absolute atomic E-state index is 12.3. The second kappa shape index (κ2) is 22.1. The van der Waals surface area contributed by atoms with Gasteiger partial charge in [0.15, 0.2) is 12.1 Å². The average molecular weight is 761 g/mol. The van der Waals surface area contributed by atoms with Gasteiger partial charge in [0.2, 0.25) is 0 Å². The van der Waals surface area contributed by atoms with E-state index in [4.69, 9.17) is 9.47 Å². The standard InChI is InChI=1S/C46H64O9/c1-30(16-11-12-17-31(2)19-14-22-33(4)24-26-36-35(6)40(50)37(48)28-45(36,7)8)18-13-20-32(3)21-15-23-34(5)25-27-39(49)46(9,10)55-44-43(53)42(52)41(51)38(29-47)54-44/h11-27,37-39,41-44,47-49,51-53H,28-29H2,1-10H3. The predicted molar refractivity (Wildman–Crippen MR) is 221 cm³/mol. The van der Waals surface area contributed by atoms with Crippen molar-refractivity contribution < 1.29 is 44.9 Å². The SMILES string of the molecule is CC(C=CC=C(C)C=CC=C(C)C=CC(O)C(C)(C)OC1OC(CO)C(O)C(O)C1O)=CC=CC=C(C)C=CC=C(C)C=CC1=C(C)C(=O)C(O)CC1(C)C. The molecule has 0 aromatic heterocycles. The minimum absolute atomic E-state index is 0.187. The number of Topliss-reactive ketones (excluding diaryl/α,β-unsaturated/α-hetero) is 1. The van der Waals surface area contributed by atoms with Crippen LogP contribution in [0.25, 0.3) is 0 Å². The summed E-state index contributed by atoms with van der Waals surface area (Å²) in [7, 11) is 0. The van der Waals surface area contributed by atoms with Gasteiger partial charge in [0.25, 0.3) is 0 Å². The molecule has 7 unspecified atom stereocenters. The van der Waals surface area contributed by atoms with E-state index in [-0.39, 0.29) is 11.2 Å². The minimum atomic E-state index is -1.57. The number of aliphatic hydroxyl groups excluding tert-OH is 6. The van der Waals surface area contributed by atoms with Crippen molar-refractivity contribution in [1.82, 2.24) is 0 Å². The van der Waals surface area contributed by atoms with Gasteiger partial charge in [0.05, 0.1) is 12.2 Å². The summed E-state index contributed by atoms with van der Waals surface area (Å²) >= 11 is 0. The predicted octanol–water partition coefficient (Wildman–Crippen LogP) is 6.69. The molecular formula is C46H64O9. The van der Waals surface area contributed by atoms with Crippen LogP contribution in [0.3, 0.4) is 0 Å². The van der Waals surface area contributed by atoms with E-state index in [0.717, 1.165) is 33.4 Å². The van der Waals surface area contributed by atoms with Crippen molar-refractivity contribution in [3.8, 4) is 0 Å². The van der Waals surface area contributed by atoms with Crippen molar-refractivity contribution >= 4 is 5.78 Å². The van der Waals surface area contributed by atoms with Crippen molar-refractivity contribution in [2.75, 3.05) is 6.61 Å². The van der Waals surface area contributed by atoms with Crippen molar-refractivity contribution in [3.63, 3.8) is 0 Å². The van der Waals surface area contributed by atoms with E-state index >= 15 is 0 Å². The van der Waals surface area contributed by atoms with Crippen LogP contribution in [-0.4, -0.2) is 91.5 Å². The summed E-state index contributed by atoms with van der Waals surface area (Å²) < 4.78 is 11.2. The van der Waals surface area contributed by atoms with E-state index < -0.39 is 55.1 Å². The number of aliphatic hydroxyl groups is 6. The summed E-state index contributed by atoms with van der Waals surface area (Å²) in [6, 6.07) is 0. The Morgan fingerprint density at radius 3 is 1.71 bits per heavy atom. The lowest BCUT2D eigenvalue weighted by molar-refractivity contribution is -0.329. The summed E-state index contributed by atoms with van der Waals surface area (Å²) in [5.41, 5.74) is 5.30. The van der Waals surface area contributed by atoms with Crippen LogP contribution in [0.1, 0.15) is 75.7 Å². The molecule has 1 saturated heterocycles. The fraction of sp³-hybridized carbons (Fsp3) is 0.457. The molecule has 0 aromatic rings. The van der Waals surface area contributed by atoms with E-state index in [0.29, 0.717) is 12.0 Å². The Hall–Kier alpha value is -3.77. The number of carbonyl (C=O) groups excluding carboxylic acids is 1. The molecule has 0 aromatic carbocycles. The van der Waals surface area contributed by atoms with Crippen LogP contribution in [0, 0.1) is 5.41 Å². The highest BCUT2D eigenvalue weighted by Crippen LogP contribution is 2.39. The van der Waals surface area contributed by atoms with Crippen LogP contribution in [-0.2, 0) is 14.3 Å². The maximum Gasteiger partial charge on any atom is 0.187 e. The number of allylic oxidation sites excluding steroid dienone is 22. The molecule has 7 atom stereocenters. The average Bonchev–Trinajstić information content (AvgIpc) is 3.11. The van der Waals surface area contributed by atoms with Crippen LogP contribution >= 0.6 is 0 Å². The smallest absolute Gasteiger partial charge is 0.187 e. The van der Waals surface area contributed by atoms with Gasteiger partial charge in [-0.25, -0.2) is 0 Å². The van der Waals surface area contributed by atoms with Gasteiger partial charge in [-0.1, -0.05) is 145 Å². The Morgan fingerprint density at radius 1 is 0.764 bits per heavy atom. The molecule has 0 saturated carbocycles. The first kappa shape index (κ1) is 47.4. The first-order valence-electron chi connectivity index (χ1n) is 18.7. The third-order valence-electron chi connectivity index (χ3n) is 9.53. The van der Waals surface area contributed by atoms with Crippen LogP contribution in [0.2, 0.25) is 0 Å². The van der Waals surface area contributed by atoms with E-state index in [1.54, 1.807) is 32.9 Å². The van der Waals surface area contributed by atoms with Crippen molar-refractivity contribution in [1.29, 1.82) is 0 Å². The third kappa shape index (κ3) is 15.4. The molecule has 6 N–H and O–H groups in total. The highest BCUT2D eigenvalue weighted by atomic mass is 16.7. The summed E-state index contributed by atoms with van der Waals surface area (Å²) in [6.45, 7) is 18.5. The van der Waals surface area contributed by atoms with Crippen molar-refractivity contribution in [2.24, 2.45) is 5.41 Å². The molecule has 1 fully saturated rings. The van der Waals surface area contributed by atoms with Crippen LogP contribution in [0.4, 0.5) is 0 Å². The molecule has 2 aliphatic rings. The summed E-state index contributed by atoms with van der Waals surface area (Å²) in [5.74, 6) is -0.187. The molecule has 302 valence electrons. The van der Waals surface area contributed by atoms with Gasteiger partial charge in [0, 0.05) is 0 Å². The quantitative estimate of drug-likeness (QED) is 0.0945. The third-order valence-corrected chi connectivity index (χ3v) is 9.53.